The number of benzene rings is 2. The Morgan fingerprint density at radius 1 is 1.10 bits per heavy atom. The van der Waals surface area contributed by atoms with Crippen molar-refractivity contribution in [1.29, 1.82) is 0 Å². The summed E-state index contributed by atoms with van der Waals surface area (Å²) in [5.74, 6) is -1.26. The normalized spacial score (nSPS) is 13.4. The average Bonchev–Trinajstić information content (AvgIpc) is 2.97. The number of aliphatic carboxylic acids is 1. The van der Waals surface area contributed by atoms with Crippen molar-refractivity contribution < 1.29 is 18.3 Å². The summed E-state index contributed by atoms with van der Waals surface area (Å²) in [6.45, 7) is 6.93. The van der Waals surface area contributed by atoms with E-state index in [0.717, 1.165) is 20.8 Å². The number of carboxylic acid groups (broad SMARTS) is 1. The van der Waals surface area contributed by atoms with Gasteiger partial charge in [0, 0.05) is 27.1 Å². The summed E-state index contributed by atoms with van der Waals surface area (Å²) >= 11 is 12.1. The lowest BCUT2D eigenvalue weighted by Gasteiger charge is -2.37. The van der Waals surface area contributed by atoms with E-state index in [1.54, 1.807) is 39.0 Å². The molecule has 160 valence electrons. The number of rotatable bonds is 5. The minimum Gasteiger partial charge on any atom is -0.480 e. The van der Waals surface area contributed by atoms with Gasteiger partial charge in [0.15, 0.2) is 0 Å². The lowest BCUT2D eigenvalue weighted by molar-refractivity contribution is -0.140. The number of H-pyrrole nitrogens is 1. The third-order valence-corrected chi connectivity index (χ3v) is 7.02. The first-order chi connectivity index (χ1) is 13.8. The molecule has 3 rings (SSSR count). The molecule has 2 N–H and O–H groups in total. The molecule has 0 fully saturated rings. The Morgan fingerprint density at radius 2 is 1.70 bits per heavy atom. The summed E-state index contributed by atoms with van der Waals surface area (Å²) in [5.41, 5.74) is 1.06. The van der Waals surface area contributed by atoms with E-state index in [2.05, 4.69) is 4.98 Å². The van der Waals surface area contributed by atoms with E-state index in [0.29, 0.717) is 0 Å². The minimum atomic E-state index is -4.32. The molecule has 1 unspecified atom stereocenters. The van der Waals surface area contributed by atoms with Crippen LogP contribution in [0.3, 0.4) is 0 Å². The second kappa shape index (κ2) is 7.80. The highest BCUT2D eigenvalue weighted by Gasteiger charge is 2.43. The van der Waals surface area contributed by atoms with Crippen LogP contribution in [0.4, 0.5) is 5.69 Å². The quantitative estimate of drug-likeness (QED) is 0.518. The second-order valence-electron chi connectivity index (χ2n) is 8.21. The van der Waals surface area contributed by atoms with Crippen molar-refractivity contribution in [2.24, 2.45) is 5.41 Å². The first-order valence-corrected chi connectivity index (χ1v) is 11.3. The summed E-state index contributed by atoms with van der Waals surface area (Å²) in [4.78, 5) is 15.2. The fourth-order valence-corrected chi connectivity index (χ4v) is 5.93. The van der Waals surface area contributed by atoms with Crippen molar-refractivity contribution in [3.8, 4) is 0 Å². The number of anilines is 1. The summed E-state index contributed by atoms with van der Waals surface area (Å²) in [6, 6.07) is 7.55. The molecule has 0 radical (unpaired) electrons. The van der Waals surface area contributed by atoms with E-state index in [1.807, 2.05) is 13.1 Å². The number of aryl methyl sites for hydroxylation is 1. The Bertz CT molecular complexity index is 1210. The molecule has 30 heavy (non-hydrogen) atoms. The molecule has 9 heteroatoms. The zero-order chi connectivity index (χ0) is 22.4. The number of nitrogens with one attached hydrogen (secondary N) is 1. The number of sulfonamides is 1. The van der Waals surface area contributed by atoms with Crippen molar-refractivity contribution in [1.82, 2.24) is 4.98 Å². The first kappa shape index (κ1) is 22.5. The molecule has 3 aromatic rings. The molecule has 2 aromatic carbocycles. The predicted molar refractivity (Wildman–Crippen MR) is 120 cm³/mol. The van der Waals surface area contributed by atoms with Crippen LogP contribution in [-0.4, -0.2) is 30.5 Å². The second-order valence-corrected chi connectivity index (χ2v) is 10.9. The monoisotopic (exact) mass is 468 g/mol. The highest BCUT2D eigenvalue weighted by molar-refractivity contribution is 7.93. The third-order valence-electron chi connectivity index (χ3n) is 4.81. The molecule has 1 aromatic heterocycles. The van der Waals surface area contributed by atoms with Gasteiger partial charge in [-0.3, -0.25) is 4.31 Å². The van der Waals surface area contributed by atoms with E-state index in [1.165, 1.54) is 18.2 Å². The fraction of sp³-hybridized carbons (Fsp3) is 0.286. The Labute approximate surface area is 185 Å². The van der Waals surface area contributed by atoms with Crippen molar-refractivity contribution >= 4 is 55.8 Å². The molecule has 0 aliphatic carbocycles. The Kier molecular flexibility index (Phi) is 5.84. The summed E-state index contributed by atoms with van der Waals surface area (Å²) < 4.78 is 28.4. The molecule has 0 amide bonds. The van der Waals surface area contributed by atoms with Gasteiger partial charge in [0.05, 0.1) is 10.6 Å². The number of aromatic amines is 1. The third kappa shape index (κ3) is 4.15. The highest BCUT2D eigenvalue weighted by atomic mass is 35.5. The van der Waals surface area contributed by atoms with Crippen molar-refractivity contribution in [3.63, 3.8) is 0 Å². The number of hydrogen-bond acceptors (Lipinski definition) is 3. The number of hydrogen-bond donors (Lipinski definition) is 2. The van der Waals surface area contributed by atoms with E-state index in [-0.39, 0.29) is 20.6 Å². The fourth-order valence-electron chi connectivity index (χ4n) is 3.43. The van der Waals surface area contributed by atoms with Crippen LogP contribution in [0, 0.1) is 12.3 Å². The van der Waals surface area contributed by atoms with Gasteiger partial charge < -0.3 is 10.1 Å². The molecule has 0 bridgehead atoms. The standard InChI is InChI=1S/C21H22Cl2N2O4S/c1-12-11-24-18-6-5-15(10-17(12)18)25(19(20(26)27)21(2,3)4)30(28,29)16-8-13(22)7-14(23)9-16/h5-11,19,24H,1-4H3,(H,26,27). The van der Waals surface area contributed by atoms with Crippen LogP contribution in [0.1, 0.15) is 26.3 Å². The van der Waals surface area contributed by atoms with Crippen molar-refractivity contribution in [2.45, 2.75) is 38.6 Å². The molecular formula is C21H22Cl2N2O4S. The maximum absolute atomic E-state index is 13.7. The van der Waals surface area contributed by atoms with E-state index in [9.17, 15) is 18.3 Å². The van der Waals surface area contributed by atoms with Crippen LogP contribution in [-0.2, 0) is 14.8 Å². The summed E-state index contributed by atoms with van der Waals surface area (Å²) in [7, 11) is -4.32. The molecule has 0 spiro atoms. The molecule has 6 nitrogen and oxygen atoms in total. The van der Waals surface area contributed by atoms with Crippen molar-refractivity contribution in [2.75, 3.05) is 4.31 Å². The van der Waals surface area contributed by atoms with Crippen LogP contribution in [0.25, 0.3) is 10.9 Å². The lowest BCUT2D eigenvalue weighted by Crippen LogP contribution is -2.52. The molecule has 0 aliphatic rings. The number of fused-ring (bicyclic) bond motifs is 1. The number of carbonyl (C=O) groups is 1. The molecule has 0 aliphatic heterocycles. The summed E-state index contributed by atoms with van der Waals surface area (Å²) in [5, 5.41) is 11.1. The molecule has 0 saturated heterocycles. The van der Waals surface area contributed by atoms with E-state index >= 15 is 0 Å². The van der Waals surface area contributed by atoms with E-state index in [4.69, 9.17) is 23.2 Å². The number of aromatic nitrogens is 1. The largest absolute Gasteiger partial charge is 0.480 e. The Hall–Kier alpha value is -2.22. The number of carboxylic acids is 1. The SMILES string of the molecule is Cc1c[nH]c2ccc(N(C(C(=O)O)C(C)(C)C)S(=O)(=O)c3cc(Cl)cc(Cl)c3)cc12. The predicted octanol–water partition coefficient (Wildman–Crippen LogP) is 5.48. The number of halogens is 2. The van der Waals surface area contributed by atoms with Crippen LogP contribution < -0.4 is 4.31 Å². The highest BCUT2D eigenvalue weighted by Crippen LogP contribution is 2.37. The van der Waals surface area contributed by atoms with Gasteiger partial charge in [-0.15, -0.1) is 0 Å². The molecule has 0 saturated carbocycles. The number of nitrogens with zero attached hydrogens (tertiary/aromatic N) is 1. The van der Waals surface area contributed by atoms with Gasteiger partial charge in [0.25, 0.3) is 10.0 Å². The molecular weight excluding hydrogens is 447 g/mol. The average molecular weight is 469 g/mol. The smallest absolute Gasteiger partial charge is 0.328 e. The van der Waals surface area contributed by atoms with Crippen LogP contribution in [0.2, 0.25) is 10.0 Å². The first-order valence-electron chi connectivity index (χ1n) is 9.13. The minimum absolute atomic E-state index is 0.139. The van der Waals surface area contributed by atoms with Crippen LogP contribution in [0.5, 0.6) is 0 Å². The van der Waals surface area contributed by atoms with Gasteiger partial charge in [0.2, 0.25) is 0 Å². The van der Waals surface area contributed by atoms with E-state index < -0.39 is 27.4 Å². The van der Waals surface area contributed by atoms with Gasteiger partial charge in [-0.2, -0.15) is 0 Å². The zero-order valence-electron chi connectivity index (χ0n) is 16.9. The maximum Gasteiger partial charge on any atom is 0.328 e. The van der Waals surface area contributed by atoms with Crippen LogP contribution in [0.15, 0.2) is 47.5 Å². The molecule has 1 atom stereocenters. The van der Waals surface area contributed by atoms with Crippen LogP contribution >= 0.6 is 23.2 Å². The maximum atomic E-state index is 13.7. The van der Waals surface area contributed by atoms with Gasteiger partial charge in [-0.25, -0.2) is 13.2 Å². The van der Waals surface area contributed by atoms with Gasteiger partial charge >= 0.3 is 5.97 Å². The molecule has 1 heterocycles. The summed E-state index contributed by atoms with van der Waals surface area (Å²) in [6.07, 6.45) is 1.81. The Balaban J connectivity index is 2.33. The van der Waals surface area contributed by atoms with Gasteiger partial charge in [-0.05, 0) is 54.3 Å². The van der Waals surface area contributed by atoms with Crippen molar-refractivity contribution in [3.05, 3.63) is 58.2 Å². The van der Waals surface area contributed by atoms with Gasteiger partial charge in [0.1, 0.15) is 6.04 Å². The Morgan fingerprint density at radius 3 is 2.23 bits per heavy atom. The lowest BCUT2D eigenvalue weighted by atomic mass is 9.86. The van der Waals surface area contributed by atoms with Gasteiger partial charge in [-0.1, -0.05) is 44.0 Å². The zero-order valence-corrected chi connectivity index (χ0v) is 19.2. The topological polar surface area (TPSA) is 90.5 Å².